The van der Waals surface area contributed by atoms with Crippen molar-refractivity contribution in [2.75, 3.05) is 18.0 Å². The van der Waals surface area contributed by atoms with E-state index in [4.69, 9.17) is 0 Å². The van der Waals surface area contributed by atoms with Crippen LogP contribution in [0.2, 0.25) is 0 Å². The minimum absolute atomic E-state index is 0.622. The van der Waals surface area contributed by atoms with Gasteiger partial charge in [0.1, 0.15) is 0 Å². The Kier molecular flexibility index (Phi) is 4.54. The number of hydrogen-bond acceptors (Lipinski definition) is 2. The SMILES string of the molecule is CCNC1CCN(c2cccc3c2CCCC3)C(C)C1C. The van der Waals surface area contributed by atoms with Crippen molar-refractivity contribution in [2.45, 2.75) is 65.0 Å². The van der Waals surface area contributed by atoms with Gasteiger partial charge in [-0.25, -0.2) is 0 Å². The van der Waals surface area contributed by atoms with Gasteiger partial charge in [0.2, 0.25) is 0 Å². The number of hydrogen-bond donors (Lipinski definition) is 1. The highest BCUT2D eigenvalue weighted by Crippen LogP contribution is 2.35. The summed E-state index contributed by atoms with van der Waals surface area (Å²) in [6.45, 7) is 9.33. The molecule has 0 amide bonds. The second kappa shape index (κ2) is 6.39. The maximum Gasteiger partial charge on any atom is 0.0404 e. The van der Waals surface area contributed by atoms with Crippen molar-refractivity contribution in [1.29, 1.82) is 0 Å². The van der Waals surface area contributed by atoms with Crippen molar-refractivity contribution in [3.63, 3.8) is 0 Å². The van der Waals surface area contributed by atoms with E-state index in [0.717, 1.165) is 6.54 Å². The Balaban J connectivity index is 1.85. The van der Waals surface area contributed by atoms with Gasteiger partial charge in [0.05, 0.1) is 0 Å². The fraction of sp³-hybridized carbons (Fsp3) is 0.684. The normalized spacial score (nSPS) is 29.3. The molecule has 2 aliphatic rings. The molecule has 1 aliphatic heterocycles. The number of nitrogens with one attached hydrogen (secondary N) is 1. The predicted octanol–water partition coefficient (Wildman–Crippen LogP) is 3.78. The van der Waals surface area contributed by atoms with Crippen LogP contribution < -0.4 is 10.2 Å². The van der Waals surface area contributed by atoms with Gasteiger partial charge in [-0.05, 0) is 68.7 Å². The fourth-order valence-electron chi connectivity index (χ4n) is 4.28. The van der Waals surface area contributed by atoms with Crippen LogP contribution >= 0.6 is 0 Å². The van der Waals surface area contributed by atoms with Gasteiger partial charge in [-0.3, -0.25) is 0 Å². The molecule has 0 bridgehead atoms. The lowest BCUT2D eigenvalue weighted by Crippen LogP contribution is -2.53. The molecule has 1 aromatic rings. The first kappa shape index (κ1) is 14.9. The smallest absolute Gasteiger partial charge is 0.0404 e. The molecule has 1 aliphatic carbocycles. The Bertz CT molecular complexity index is 482. The first-order valence-corrected chi connectivity index (χ1v) is 8.83. The van der Waals surface area contributed by atoms with Gasteiger partial charge in [-0.15, -0.1) is 0 Å². The van der Waals surface area contributed by atoms with Crippen LogP contribution in [0.25, 0.3) is 0 Å². The predicted molar refractivity (Wildman–Crippen MR) is 91.1 cm³/mol. The van der Waals surface area contributed by atoms with Gasteiger partial charge in [-0.2, -0.15) is 0 Å². The second-order valence-electron chi connectivity index (χ2n) is 6.87. The van der Waals surface area contributed by atoms with Crippen LogP contribution in [-0.2, 0) is 12.8 Å². The molecule has 3 rings (SSSR count). The summed E-state index contributed by atoms with van der Waals surface area (Å²) in [5.74, 6) is 0.707. The average Bonchev–Trinajstić information content (AvgIpc) is 2.52. The molecular weight excluding hydrogens is 256 g/mol. The molecule has 3 atom stereocenters. The molecule has 1 aromatic carbocycles. The molecule has 2 heteroatoms. The number of rotatable bonds is 3. The molecule has 0 aromatic heterocycles. The van der Waals surface area contributed by atoms with Crippen LogP contribution in [0.15, 0.2) is 18.2 Å². The molecule has 1 N–H and O–H groups in total. The van der Waals surface area contributed by atoms with Crippen molar-refractivity contribution >= 4 is 5.69 Å². The number of nitrogens with zero attached hydrogens (tertiary/aromatic N) is 1. The quantitative estimate of drug-likeness (QED) is 0.909. The summed E-state index contributed by atoms with van der Waals surface area (Å²) < 4.78 is 0. The first-order chi connectivity index (χ1) is 10.2. The summed E-state index contributed by atoms with van der Waals surface area (Å²) in [6, 6.07) is 8.28. The third-order valence-corrected chi connectivity index (χ3v) is 5.72. The highest BCUT2D eigenvalue weighted by molar-refractivity contribution is 5.58. The molecule has 116 valence electrons. The molecular formula is C19H30N2. The summed E-state index contributed by atoms with van der Waals surface area (Å²) >= 11 is 0. The summed E-state index contributed by atoms with van der Waals surface area (Å²) in [5, 5.41) is 3.67. The van der Waals surface area contributed by atoms with Crippen molar-refractivity contribution in [2.24, 2.45) is 5.92 Å². The molecule has 3 unspecified atom stereocenters. The third kappa shape index (κ3) is 2.83. The van der Waals surface area contributed by atoms with E-state index >= 15 is 0 Å². The van der Waals surface area contributed by atoms with E-state index in [1.807, 2.05) is 0 Å². The Morgan fingerprint density at radius 3 is 2.81 bits per heavy atom. The fourth-order valence-corrected chi connectivity index (χ4v) is 4.28. The molecule has 0 saturated carbocycles. The Hall–Kier alpha value is -1.02. The van der Waals surface area contributed by atoms with Gasteiger partial charge in [0.25, 0.3) is 0 Å². The van der Waals surface area contributed by atoms with Gasteiger partial charge in [0.15, 0.2) is 0 Å². The molecule has 0 spiro atoms. The van der Waals surface area contributed by atoms with Crippen LogP contribution in [0.4, 0.5) is 5.69 Å². The van der Waals surface area contributed by atoms with Crippen LogP contribution in [-0.4, -0.2) is 25.2 Å². The van der Waals surface area contributed by atoms with Gasteiger partial charge in [0, 0.05) is 24.3 Å². The summed E-state index contributed by atoms with van der Waals surface area (Å²) in [6.07, 6.45) is 6.55. The number of benzene rings is 1. The minimum atomic E-state index is 0.622. The third-order valence-electron chi connectivity index (χ3n) is 5.72. The molecule has 21 heavy (non-hydrogen) atoms. The molecule has 1 fully saturated rings. The number of piperidine rings is 1. The number of fused-ring (bicyclic) bond motifs is 1. The Morgan fingerprint density at radius 2 is 2.00 bits per heavy atom. The maximum absolute atomic E-state index is 3.67. The van der Waals surface area contributed by atoms with Crippen molar-refractivity contribution < 1.29 is 0 Å². The zero-order valence-electron chi connectivity index (χ0n) is 13.9. The molecule has 1 heterocycles. The monoisotopic (exact) mass is 286 g/mol. The number of aryl methyl sites for hydroxylation is 1. The second-order valence-corrected chi connectivity index (χ2v) is 6.87. The van der Waals surface area contributed by atoms with E-state index in [1.54, 1.807) is 11.1 Å². The lowest BCUT2D eigenvalue weighted by Gasteiger charge is -2.45. The van der Waals surface area contributed by atoms with E-state index in [0.29, 0.717) is 18.0 Å². The highest BCUT2D eigenvalue weighted by Gasteiger charge is 2.33. The lowest BCUT2D eigenvalue weighted by molar-refractivity contribution is 0.274. The van der Waals surface area contributed by atoms with Crippen molar-refractivity contribution in [3.8, 4) is 0 Å². The minimum Gasteiger partial charge on any atom is -0.368 e. The number of anilines is 1. The van der Waals surface area contributed by atoms with Crippen LogP contribution in [0.5, 0.6) is 0 Å². The van der Waals surface area contributed by atoms with Crippen molar-refractivity contribution in [1.82, 2.24) is 5.32 Å². The topological polar surface area (TPSA) is 15.3 Å². The van der Waals surface area contributed by atoms with E-state index in [9.17, 15) is 0 Å². The van der Waals surface area contributed by atoms with Crippen LogP contribution in [0, 0.1) is 5.92 Å². The maximum atomic E-state index is 3.67. The first-order valence-electron chi connectivity index (χ1n) is 8.83. The van der Waals surface area contributed by atoms with E-state index in [-0.39, 0.29) is 0 Å². The van der Waals surface area contributed by atoms with E-state index in [2.05, 4.69) is 49.2 Å². The zero-order chi connectivity index (χ0) is 14.8. The van der Waals surface area contributed by atoms with Crippen molar-refractivity contribution in [3.05, 3.63) is 29.3 Å². The van der Waals surface area contributed by atoms with Crippen LogP contribution in [0.3, 0.4) is 0 Å². The molecule has 0 radical (unpaired) electrons. The standard InChI is InChI=1S/C19H30N2/c1-4-20-18-12-13-21(15(3)14(18)2)19-11-7-9-16-8-5-6-10-17(16)19/h7,9,11,14-15,18,20H,4-6,8,10,12-13H2,1-3H3. The largest absolute Gasteiger partial charge is 0.368 e. The Labute approximate surface area is 129 Å². The summed E-state index contributed by atoms with van der Waals surface area (Å²) in [4.78, 5) is 2.68. The highest BCUT2D eigenvalue weighted by atomic mass is 15.2. The van der Waals surface area contributed by atoms with Gasteiger partial charge >= 0.3 is 0 Å². The average molecular weight is 286 g/mol. The lowest BCUT2D eigenvalue weighted by atomic mass is 9.84. The summed E-state index contributed by atoms with van der Waals surface area (Å²) in [7, 11) is 0. The van der Waals surface area contributed by atoms with Gasteiger partial charge in [-0.1, -0.05) is 26.0 Å². The van der Waals surface area contributed by atoms with E-state index < -0.39 is 0 Å². The summed E-state index contributed by atoms with van der Waals surface area (Å²) in [5.41, 5.74) is 4.78. The molecule has 1 saturated heterocycles. The van der Waals surface area contributed by atoms with Gasteiger partial charge < -0.3 is 10.2 Å². The van der Waals surface area contributed by atoms with E-state index in [1.165, 1.54) is 44.3 Å². The Morgan fingerprint density at radius 1 is 1.19 bits per heavy atom. The zero-order valence-corrected chi connectivity index (χ0v) is 13.9. The van der Waals surface area contributed by atoms with Crippen LogP contribution in [0.1, 0.15) is 51.2 Å². The molecule has 2 nitrogen and oxygen atoms in total.